The molecule has 88 valence electrons. The van der Waals surface area contributed by atoms with E-state index < -0.39 is 0 Å². The Morgan fingerprint density at radius 3 is 2.62 bits per heavy atom. The SMILES string of the molecule is CCNC1CCN(c2ccccc2I)CC1. The van der Waals surface area contributed by atoms with Crippen molar-refractivity contribution >= 4 is 28.3 Å². The average Bonchev–Trinajstić information content (AvgIpc) is 2.31. The van der Waals surface area contributed by atoms with Gasteiger partial charge in [0.1, 0.15) is 0 Å². The molecular weight excluding hydrogens is 311 g/mol. The van der Waals surface area contributed by atoms with Crippen molar-refractivity contribution in [2.45, 2.75) is 25.8 Å². The Bertz CT molecular complexity index is 332. The van der Waals surface area contributed by atoms with E-state index in [1.807, 2.05) is 0 Å². The molecule has 0 atom stereocenters. The van der Waals surface area contributed by atoms with Crippen LogP contribution < -0.4 is 10.2 Å². The Balaban J connectivity index is 1.96. The molecule has 0 radical (unpaired) electrons. The number of piperidine rings is 1. The maximum absolute atomic E-state index is 3.54. The highest BCUT2D eigenvalue weighted by molar-refractivity contribution is 14.1. The lowest BCUT2D eigenvalue weighted by atomic mass is 10.0. The summed E-state index contributed by atoms with van der Waals surface area (Å²) >= 11 is 2.43. The van der Waals surface area contributed by atoms with Crippen molar-refractivity contribution in [2.24, 2.45) is 0 Å². The fourth-order valence-electron chi connectivity index (χ4n) is 2.32. The summed E-state index contributed by atoms with van der Waals surface area (Å²) in [6.07, 6.45) is 2.53. The third-order valence-electron chi connectivity index (χ3n) is 3.18. The second-order valence-corrected chi connectivity index (χ2v) is 5.43. The van der Waals surface area contributed by atoms with E-state index in [4.69, 9.17) is 0 Å². The lowest BCUT2D eigenvalue weighted by molar-refractivity contribution is 0.423. The zero-order valence-corrected chi connectivity index (χ0v) is 11.9. The highest BCUT2D eigenvalue weighted by Gasteiger charge is 2.19. The van der Waals surface area contributed by atoms with E-state index in [9.17, 15) is 0 Å². The molecule has 1 fully saturated rings. The molecule has 1 aromatic carbocycles. The molecule has 0 bridgehead atoms. The van der Waals surface area contributed by atoms with Gasteiger partial charge in [-0.3, -0.25) is 0 Å². The smallest absolute Gasteiger partial charge is 0.0501 e. The van der Waals surface area contributed by atoms with Crippen LogP contribution in [0.15, 0.2) is 24.3 Å². The van der Waals surface area contributed by atoms with Gasteiger partial charge in [0.2, 0.25) is 0 Å². The standard InChI is InChI=1S/C13H19IN2/c1-2-15-11-7-9-16(10-8-11)13-6-4-3-5-12(13)14/h3-6,11,15H,2,7-10H2,1H3. The summed E-state index contributed by atoms with van der Waals surface area (Å²) in [5, 5.41) is 3.54. The van der Waals surface area contributed by atoms with Gasteiger partial charge >= 0.3 is 0 Å². The summed E-state index contributed by atoms with van der Waals surface area (Å²) in [6.45, 7) is 5.63. The third kappa shape index (κ3) is 2.88. The molecule has 3 heteroatoms. The van der Waals surface area contributed by atoms with E-state index in [0.29, 0.717) is 0 Å². The molecule has 2 rings (SSSR count). The van der Waals surface area contributed by atoms with Gasteiger partial charge in [0, 0.05) is 22.7 Å². The second kappa shape index (κ2) is 5.87. The number of rotatable bonds is 3. The predicted molar refractivity (Wildman–Crippen MR) is 78.1 cm³/mol. The molecule has 0 spiro atoms. The fourth-order valence-corrected chi connectivity index (χ4v) is 3.05. The zero-order valence-electron chi connectivity index (χ0n) is 9.75. The highest BCUT2D eigenvalue weighted by Crippen LogP contribution is 2.25. The van der Waals surface area contributed by atoms with Crippen LogP contribution in [0.3, 0.4) is 0 Å². The molecule has 0 unspecified atom stereocenters. The number of nitrogens with zero attached hydrogens (tertiary/aromatic N) is 1. The Hall–Kier alpha value is -0.290. The summed E-state index contributed by atoms with van der Waals surface area (Å²) in [5.74, 6) is 0. The molecule has 1 aromatic rings. The number of nitrogens with one attached hydrogen (secondary N) is 1. The number of hydrogen-bond donors (Lipinski definition) is 1. The molecule has 0 saturated carbocycles. The van der Waals surface area contributed by atoms with Gasteiger partial charge in [-0.15, -0.1) is 0 Å². The Morgan fingerprint density at radius 1 is 1.31 bits per heavy atom. The van der Waals surface area contributed by atoms with E-state index in [-0.39, 0.29) is 0 Å². The molecule has 0 aromatic heterocycles. The molecule has 1 aliphatic rings. The first kappa shape index (κ1) is 12.2. The maximum Gasteiger partial charge on any atom is 0.0501 e. The maximum atomic E-state index is 3.54. The van der Waals surface area contributed by atoms with Gasteiger partial charge in [-0.2, -0.15) is 0 Å². The van der Waals surface area contributed by atoms with Gasteiger partial charge in [-0.05, 0) is 54.1 Å². The molecule has 16 heavy (non-hydrogen) atoms. The van der Waals surface area contributed by atoms with Crippen LogP contribution in [-0.4, -0.2) is 25.7 Å². The molecule has 1 aliphatic heterocycles. The van der Waals surface area contributed by atoms with E-state index >= 15 is 0 Å². The molecular formula is C13H19IN2. The monoisotopic (exact) mass is 330 g/mol. The summed E-state index contributed by atoms with van der Waals surface area (Å²) in [6, 6.07) is 9.38. The quantitative estimate of drug-likeness (QED) is 0.858. The molecule has 0 aliphatic carbocycles. The van der Waals surface area contributed by atoms with Crippen LogP contribution in [-0.2, 0) is 0 Å². The van der Waals surface area contributed by atoms with Crippen molar-refractivity contribution in [3.05, 3.63) is 27.8 Å². The number of para-hydroxylation sites is 1. The third-order valence-corrected chi connectivity index (χ3v) is 4.09. The number of benzene rings is 1. The Morgan fingerprint density at radius 2 is 2.00 bits per heavy atom. The zero-order chi connectivity index (χ0) is 11.4. The normalized spacial score (nSPS) is 17.8. The first-order valence-corrected chi connectivity index (χ1v) is 7.12. The first-order valence-electron chi connectivity index (χ1n) is 6.04. The van der Waals surface area contributed by atoms with Crippen molar-refractivity contribution in [2.75, 3.05) is 24.5 Å². The van der Waals surface area contributed by atoms with Gasteiger partial charge in [0.05, 0.1) is 5.69 Å². The van der Waals surface area contributed by atoms with E-state index in [2.05, 4.69) is 64.0 Å². The van der Waals surface area contributed by atoms with Gasteiger partial charge in [-0.1, -0.05) is 19.1 Å². The Kier molecular flexibility index (Phi) is 4.46. The van der Waals surface area contributed by atoms with Gasteiger partial charge < -0.3 is 10.2 Å². The lowest BCUT2D eigenvalue weighted by Gasteiger charge is -2.34. The largest absolute Gasteiger partial charge is 0.371 e. The van der Waals surface area contributed by atoms with E-state index in [1.165, 1.54) is 35.2 Å². The van der Waals surface area contributed by atoms with Gasteiger partial charge in [0.15, 0.2) is 0 Å². The fraction of sp³-hybridized carbons (Fsp3) is 0.538. The minimum absolute atomic E-state index is 0.725. The topological polar surface area (TPSA) is 15.3 Å². The highest BCUT2D eigenvalue weighted by atomic mass is 127. The van der Waals surface area contributed by atoms with E-state index in [1.54, 1.807) is 0 Å². The predicted octanol–water partition coefficient (Wildman–Crippen LogP) is 2.87. The van der Waals surface area contributed by atoms with Crippen LogP contribution in [0.2, 0.25) is 0 Å². The minimum atomic E-state index is 0.725. The number of halogens is 1. The molecule has 1 heterocycles. The molecule has 1 N–H and O–H groups in total. The van der Waals surface area contributed by atoms with Crippen LogP contribution >= 0.6 is 22.6 Å². The van der Waals surface area contributed by atoms with Gasteiger partial charge in [0.25, 0.3) is 0 Å². The summed E-state index contributed by atoms with van der Waals surface area (Å²) in [7, 11) is 0. The van der Waals surface area contributed by atoms with Crippen molar-refractivity contribution in [1.29, 1.82) is 0 Å². The van der Waals surface area contributed by atoms with Crippen molar-refractivity contribution in [3.63, 3.8) is 0 Å². The van der Waals surface area contributed by atoms with Gasteiger partial charge in [-0.25, -0.2) is 0 Å². The van der Waals surface area contributed by atoms with Crippen molar-refractivity contribution < 1.29 is 0 Å². The van der Waals surface area contributed by atoms with Crippen LogP contribution in [0.25, 0.3) is 0 Å². The molecule has 0 amide bonds. The number of anilines is 1. The van der Waals surface area contributed by atoms with Crippen LogP contribution in [0.1, 0.15) is 19.8 Å². The van der Waals surface area contributed by atoms with Crippen LogP contribution in [0.5, 0.6) is 0 Å². The Labute approximate surface area is 112 Å². The summed E-state index contributed by atoms with van der Waals surface area (Å²) in [4.78, 5) is 2.51. The summed E-state index contributed by atoms with van der Waals surface area (Å²) < 4.78 is 1.36. The molecule has 1 saturated heterocycles. The lowest BCUT2D eigenvalue weighted by Crippen LogP contribution is -2.42. The second-order valence-electron chi connectivity index (χ2n) is 4.27. The average molecular weight is 330 g/mol. The van der Waals surface area contributed by atoms with Crippen molar-refractivity contribution in [3.8, 4) is 0 Å². The number of hydrogen-bond acceptors (Lipinski definition) is 2. The van der Waals surface area contributed by atoms with E-state index in [0.717, 1.165) is 12.6 Å². The van der Waals surface area contributed by atoms with Crippen LogP contribution in [0.4, 0.5) is 5.69 Å². The first-order chi connectivity index (χ1) is 7.81. The minimum Gasteiger partial charge on any atom is -0.371 e. The van der Waals surface area contributed by atoms with Crippen molar-refractivity contribution in [1.82, 2.24) is 5.32 Å². The molecule has 2 nitrogen and oxygen atoms in total. The summed E-state index contributed by atoms with van der Waals surface area (Å²) in [5.41, 5.74) is 1.40. The van der Waals surface area contributed by atoms with Crippen LogP contribution in [0, 0.1) is 3.57 Å².